The lowest BCUT2D eigenvalue weighted by molar-refractivity contribution is 0.0954. The minimum Gasteiger partial charge on any atom is -0.496 e. The van der Waals surface area contributed by atoms with E-state index < -0.39 is 0 Å². The third kappa shape index (κ3) is 5.40. The minimum absolute atomic E-state index is 0. The van der Waals surface area contributed by atoms with E-state index in [1.165, 1.54) is 6.42 Å². The maximum Gasteiger partial charge on any atom is 0.251 e. The first-order valence-corrected chi connectivity index (χ1v) is 9.42. The molecule has 1 saturated heterocycles. The Labute approximate surface area is 164 Å². The standard InChI is InChI=1S/C18H24N4O2S.ClH/c1-12-21-22-17(25-12)6-8-20-18(23)14-3-4-16(24-2)15(10-14)9-13-5-7-19-11-13;/h3-4,10,13,19H,5-9,11H2,1-2H3,(H,20,23);1H. The molecule has 1 unspecified atom stereocenters. The van der Waals surface area contributed by atoms with Gasteiger partial charge in [0.2, 0.25) is 0 Å². The summed E-state index contributed by atoms with van der Waals surface area (Å²) in [5.41, 5.74) is 1.78. The van der Waals surface area contributed by atoms with E-state index in [9.17, 15) is 4.79 Å². The van der Waals surface area contributed by atoms with Gasteiger partial charge in [-0.15, -0.1) is 33.9 Å². The number of aromatic nitrogens is 2. The molecule has 1 atom stereocenters. The van der Waals surface area contributed by atoms with Gasteiger partial charge in [-0.05, 0) is 62.5 Å². The highest BCUT2D eigenvalue weighted by Crippen LogP contribution is 2.25. The smallest absolute Gasteiger partial charge is 0.251 e. The molecule has 0 bridgehead atoms. The van der Waals surface area contributed by atoms with Crippen molar-refractivity contribution >= 4 is 29.7 Å². The average molecular weight is 397 g/mol. The van der Waals surface area contributed by atoms with Crippen LogP contribution >= 0.6 is 23.7 Å². The van der Waals surface area contributed by atoms with Gasteiger partial charge in [0.1, 0.15) is 15.8 Å². The lowest BCUT2D eigenvalue weighted by Crippen LogP contribution is -2.25. The van der Waals surface area contributed by atoms with Gasteiger partial charge >= 0.3 is 0 Å². The van der Waals surface area contributed by atoms with Crippen LogP contribution in [0.2, 0.25) is 0 Å². The number of nitrogens with one attached hydrogen (secondary N) is 2. The zero-order chi connectivity index (χ0) is 17.6. The highest BCUT2D eigenvalue weighted by Gasteiger charge is 2.18. The molecule has 2 N–H and O–H groups in total. The summed E-state index contributed by atoms with van der Waals surface area (Å²) in [5, 5.41) is 16.3. The largest absolute Gasteiger partial charge is 0.496 e. The van der Waals surface area contributed by atoms with Crippen LogP contribution in [0.3, 0.4) is 0 Å². The van der Waals surface area contributed by atoms with Crippen molar-refractivity contribution < 1.29 is 9.53 Å². The molecule has 1 aliphatic rings. The van der Waals surface area contributed by atoms with Crippen LogP contribution < -0.4 is 15.4 Å². The summed E-state index contributed by atoms with van der Waals surface area (Å²) < 4.78 is 5.47. The Morgan fingerprint density at radius 1 is 1.42 bits per heavy atom. The molecule has 2 aromatic rings. The molecule has 8 heteroatoms. The minimum atomic E-state index is -0.0605. The number of ether oxygens (including phenoxy) is 1. The van der Waals surface area contributed by atoms with Crippen molar-refractivity contribution in [3.63, 3.8) is 0 Å². The van der Waals surface area contributed by atoms with Crippen molar-refractivity contribution in [1.82, 2.24) is 20.8 Å². The summed E-state index contributed by atoms with van der Waals surface area (Å²) in [6.07, 6.45) is 2.80. The second kappa shape index (κ2) is 9.85. The van der Waals surface area contributed by atoms with E-state index in [4.69, 9.17) is 4.74 Å². The summed E-state index contributed by atoms with van der Waals surface area (Å²) in [5.74, 6) is 1.40. The predicted molar refractivity (Wildman–Crippen MR) is 106 cm³/mol. The Hall–Kier alpha value is -1.70. The van der Waals surface area contributed by atoms with Gasteiger partial charge in [-0.25, -0.2) is 0 Å². The van der Waals surface area contributed by atoms with E-state index >= 15 is 0 Å². The molecule has 0 spiro atoms. The van der Waals surface area contributed by atoms with Gasteiger partial charge in [0.05, 0.1) is 7.11 Å². The topological polar surface area (TPSA) is 76.1 Å². The molecule has 26 heavy (non-hydrogen) atoms. The molecule has 1 aromatic carbocycles. The predicted octanol–water partition coefficient (Wildman–Crippen LogP) is 2.40. The van der Waals surface area contributed by atoms with Crippen LogP contribution in [0.5, 0.6) is 5.75 Å². The quantitative estimate of drug-likeness (QED) is 0.751. The van der Waals surface area contributed by atoms with Crippen molar-refractivity contribution in [1.29, 1.82) is 0 Å². The first kappa shape index (κ1) is 20.6. The van der Waals surface area contributed by atoms with Crippen molar-refractivity contribution in [3.8, 4) is 5.75 Å². The normalized spacial score (nSPS) is 16.2. The van der Waals surface area contributed by atoms with Gasteiger partial charge in [-0.2, -0.15) is 0 Å². The van der Waals surface area contributed by atoms with Crippen molar-refractivity contribution in [2.24, 2.45) is 5.92 Å². The lowest BCUT2D eigenvalue weighted by atomic mass is 9.96. The van der Waals surface area contributed by atoms with E-state index in [-0.39, 0.29) is 18.3 Å². The molecule has 6 nitrogen and oxygen atoms in total. The van der Waals surface area contributed by atoms with E-state index in [0.29, 0.717) is 24.4 Å². The monoisotopic (exact) mass is 396 g/mol. The number of rotatable bonds is 7. The fourth-order valence-corrected chi connectivity index (χ4v) is 3.81. The second-order valence-corrected chi connectivity index (χ2v) is 7.58. The molecule has 3 rings (SSSR count). The van der Waals surface area contributed by atoms with Crippen LogP contribution in [0.4, 0.5) is 0 Å². The molecular formula is C18H25ClN4O2S. The maximum atomic E-state index is 12.4. The number of halogens is 1. The van der Waals surface area contributed by atoms with Gasteiger partial charge in [0.25, 0.3) is 5.91 Å². The summed E-state index contributed by atoms with van der Waals surface area (Å²) in [6, 6.07) is 5.67. The Bertz CT molecular complexity index is 732. The number of carbonyl (C=O) groups excluding carboxylic acids is 1. The lowest BCUT2D eigenvalue weighted by Gasteiger charge is -2.14. The number of amides is 1. The number of carbonyl (C=O) groups is 1. The maximum absolute atomic E-state index is 12.4. The zero-order valence-electron chi connectivity index (χ0n) is 15.1. The van der Waals surface area contributed by atoms with E-state index in [0.717, 1.165) is 40.8 Å². The van der Waals surface area contributed by atoms with Crippen LogP contribution in [0.1, 0.15) is 32.4 Å². The van der Waals surface area contributed by atoms with Crippen LogP contribution in [-0.2, 0) is 12.8 Å². The van der Waals surface area contributed by atoms with Gasteiger partial charge in [-0.3, -0.25) is 4.79 Å². The Kier molecular flexibility index (Phi) is 7.81. The van der Waals surface area contributed by atoms with Crippen molar-refractivity contribution in [3.05, 3.63) is 39.3 Å². The summed E-state index contributed by atoms with van der Waals surface area (Å²) in [7, 11) is 1.68. The van der Waals surface area contributed by atoms with Crippen LogP contribution in [0, 0.1) is 12.8 Å². The first-order chi connectivity index (χ1) is 12.2. The van der Waals surface area contributed by atoms with Crippen LogP contribution in [-0.4, -0.2) is 42.8 Å². The fourth-order valence-electron chi connectivity index (χ4n) is 3.10. The Morgan fingerprint density at radius 2 is 2.27 bits per heavy atom. The average Bonchev–Trinajstić information content (AvgIpc) is 3.26. The molecule has 1 amide bonds. The Morgan fingerprint density at radius 3 is 2.92 bits per heavy atom. The molecule has 2 heterocycles. The number of methoxy groups -OCH3 is 1. The summed E-state index contributed by atoms with van der Waals surface area (Å²) in [6.45, 7) is 4.58. The second-order valence-electron chi connectivity index (χ2n) is 6.31. The van der Waals surface area contributed by atoms with Gasteiger partial charge in [0, 0.05) is 18.5 Å². The van der Waals surface area contributed by atoms with E-state index in [2.05, 4.69) is 20.8 Å². The highest BCUT2D eigenvalue weighted by molar-refractivity contribution is 7.11. The first-order valence-electron chi connectivity index (χ1n) is 8.60. The number of hydrogen-bond donors (Lipinski definition) is 2. The third-order valence-corrected chi connectivity index (χ3v) is 5.30. The molecule has 142 valence electrons. The van der Waals surface area contributed by atoms with Crippen molar-refractivity contribution in [2.45, 2.75) is 26.2 Å². The molecule has 0 aliphatic carbocycles. The highest BCUT2D eigenvalue weighted by atomic mass is 35.5. The summed E-state index contributed by atoms with van der Waals surface area (Å²) >= 11 is 1.56. The number of nitrogens with zero attached hydrogens (tertiary/aromatic N) is 2. The summed E-state index contributed by atoms with van der Waals surface area (Å²) in [4.78, 5) is 12.4. The molecular weight excluding hydrogens is 372 g/mol. The third-order valence-electron chi connectivity index (χ3n) is 4.41. The molecule has 0 saturated carbocycles. The van der Waals surface area contributed by atoms with Crippen LogP contribution in [0.25, 0.3) is 0 Å². The number of benzene rings is 1. The van der Waals surface area contributed by atoms with Crippen LogP contribution in [0.15, 0.2) is 18.2 Å². The molecule has 0 radical (unpaired) electrons. The van der Waals surface area contributed by atoms with Crippen molar-refractivity contribution in [2.75, 3.05) is 26.7 Å². The van der Waals surface area contributed by atoms with Gasteiger partial charge in [0.15, 0.2) is 0 Å². The molecule has 1 aliphatic heterocycles. The van der Waals surface area contributed by atoms with E-state index in [1.54, 1.807) is 18.4 Å². The fraction of sp³-hybridized carbons (Fsp3) is 0.500. The van der Waals surface area contributed by atoms with Gasteiger partial charge < -0.3 is 15.4 Å². The Balaban J connectivity index is 0.00000243. The SMILES string of the molecule is COc1ccc(C(=O)NCCc2nnc(C)s2)cc1CC1CCNC1.Cl. The number of aryl methyl sites for hydroxylation is 1. The van der Waals surface area contributed by atoms with Gasteiger partial charge in [-0.1, -0.05) is 0 Å². The zero-order valence-corrected chi connectivity index (χ0v) is 16.7. The number of hydrogen-bond acceptors (Lipinski definition) is 6. The molecule has 1 fully saturated rings. The molecule has 1 aromatic heterocycles. The van der Waals surface area contributed by atoms with E-state index in [1.807, 2.05) is 25.1 Å².